The molecule has 0 fully saturated rings. The van der Waals surface area contributed by atoms with Gasteiger partial charge in [0.15, 0.2) is 6.04 Å². The van der Waals surface area contributed by atoms with E-state index in [-0.39, 0.29) is 12.4 Å². The second kappa shape index (κ2) is 9.42. The Labute approximate surface area is 134 Å². The molecule has 2 atom stereocenters. The molecule has 0 aliphatic heterocycles. The quantitative estimate of drug-likeness (QED) is 0.175. The van der Waals surface area contributed by atoms with E-state index in [4.69, 9.17) is 11.5 Å². The number of hydrogen-bond acceptors (Lipinski definition) is 3. The lowest BCUT2D eigenvalue weighted by molar-refractivity contribution is -0.463. The van der Waals surface area contributed by atoms with Crippen LogP contribution in [0.5, 0.6) is 0 Å². The van der Waals surface area contributed by atoms with Crippen molar-refractivity contribution in [1.29, 1.82) is 0 Å². The van der Waals surface area contributed by atoms with Crippen molar-refractivity contribution >= 4 is 17.8 Å². The first kappa shape index (κ1) is 18.4. The van der Waals surface area contributed by atoms with Crippen LogP contribution in [0.2, 0.25) is 0 Å². The van der Waals surface area contributed by atoms with Gasteiger partial charge in [0, 0.05) is 6.42 Å². The second-order valence-electron chi connectivity index (χ2n) is 5.29. The summed E-state index contributed by atoms with van der Waals surface area (Å²) >= 11 is 0. The van der Waals surface area contributed by atoms with Crippen molar-refractivity contribution < 1.29 is 25.4 Å². The van der Waals surface area contributed by atoms with E-state index < -0.39 is 24.0 Å². The van der Waals surface area contributed by atoms with Crippen molar-refractivity contribution in [1.82, 2.24) is 5.32 Å². The minimum atomic E-state index is -1.32. The normalized spacial score (nSPS) is 12.9. The van der Waals surface area contributed by atoms with Gasteiger partial charge in [-0.3, -0.25) is 21.3 Å². The van der Waals surface area contributed by atoms with Crippen molar-refractivity contribution in [2.75, 3.05) is 6.54 Å². The van der Waals surface area contributed by atoms with E-state index in [1.807, 2.05) is 6.07 Å². The van der Waals surface area contributed by atoms with Crippen LogP contribution in [0.4, 0.5) is 0 Å². The molecule has 0 unspecified atom stereocenters. The van der Waals surface area contributed by atoms with Crippen LogP contribution in [-0.2, 0) is 16.0 Å². The van der Waals surface area contributed by atoms with Crippen LogP contribution in [0.3, 0.4) is 0 Å². The highest BCUT2D eigenvalue weighted by atomic mass is 16.4. The van der Waals surface area contributed by atoms with Crippen molar-refractivity contribution in [3.05, 3.63) is 35.9 Å². The van der Waals surface area contributed by atoms with Gasteiger partial charge in [0.1, 0.15) is 0 Å². The maximum absolute atomic E-state index is 12.0. The summed E-state index contributed by atoms with van der Waals surface area (Å²) < 4.78 is 0. The van der Waals surface area contributed by atoms with Crippen LogP contribution in [0, 0.1) is 0 Å². The molecule has 0 radical (unpaired) electrons. The summed E-state index contributed by atoms with van der Waals surface area (Å²) in [6.07, 6.45) is 1.28. The van der Waals surface area contributed by atoms with E-state index in [2.05, 4.69) is 16.0 Å². The maximum Gasteiger partial charge on any atom is 0.338 e. The summed E-state index contributed by atoms with van der Waals surface area (Å²) in [4.78, 5) is 26.0. The Kier molecular flexibility index (Phi) is 7.55. The van der Waals surface area contributed by atoms with E-state index in [0.717, 1.165) is 5.56 Å². The topological polar surface area (TPSA) is 163 Å². The number of quaternary nitrogens is 1. The Morgan fingerprint density at radius 2 is 1.91 bits per heavy atom. The van der Waals surface area contributed by atoms with E-state index in [0.29, 0.717) is 19.4 Å². The monoisotopic (exact) mass is 322 g/mol. The average Bonchev–Trinajstić information content (AvgIpc) is 2.51. The van der Waals surface area contributed by atoms with Crippen LogP contribution in [0.15, 0.2) is 30.3 Å². The smallest absolute Gasteiger partial charge is 0.338 e. The van der Waals surface area contributed by atoms with E-state index >= 15 is 0 Å². The zero-order valence-electron chi connectivity index (χ0n) is 13.0. The number of carbonyl (C=O) groups excluding carboxylic acids is 2. The highest BCUT2D eigenvalue weighted by molar-refractivity contribution is 5.85. The average molecular weight is 322 g/mol. The van der Waals surface area contributed by atoms with E-state index in [9.17, 15) is 14.7 Å². The molecule has 0 aromatic heterocycles. The summed E-state index contributed by atoms with van der Waals surface area (Å²) in [7, 11) is 0. The van der Waals surface area contributed by atoms with Crippen molar-refractivity contribution in [2.45, 2.75) is 31.3 Å². The van der Waals surface area contributed by atoms with Gasteiger partial charge in [-0.1, -0.05) is 30.3 Å². The number of aliphatic carboxylic acids is 1. The Balaban J connectivity index is 2.50. The summed E-state index contributed by atoms with van der Waals surface area (Å²) in [5, 5.41) is 13.7. The number of carboxylic acids is 1. The molecule has 1 rings (SSSR count). The number of nitrogens with two attached hydrogens (primary N) is 2. The van der Waals surface area contributed by atoms with Gasteiger partial charge in [-0.2, -0.15) is 0 Å². The largest absolute Gasteiger partial charge is 0.548 e. The van der Waals surface area contributed by atoms with Crippen molar-refractivity contribution in [3.63, 3.8) is 0 Å². The number of rotatable bonds is 9. The number of carbonyl (C=O) groups is 2. The molecule has 0 aliphatic carbocycles. The Morgan fingerprint density at radius 1 is 1.26 bits per heavy atom. The van der Waals surface area contributed by atoms with Gasteiger partial charge >= 0.3 is 5.96 Å². The molecule has 0 saturated heterocycles. The van der Waals surface area contributed by atoms with Gasteiger partial charge in [-0.05, 0) is 18.4 Å². The van der Waals surface area contributed by atoms with Gasteiger partial charge in [0.25, 0.3) is 5.91 Å². The van der Waals surface area contributed by atoms with Gasteiger partial charge < -0.3 is 21.0 Å². The van der Waals surface area contributed by atoms with Crippen LogP contribution in [-0.4, -0.2) is 36.5 Å². The Morgan fingerprint density at radius 3 is 2.48 bits per heavy atom. The van der Waals surface area contributed by atoms with Gasteiger partial charge in [-0.15, -0.1) is 0 Å². The third-order valence-corrected chi connectivity index (χ3v) is 3.31. The number of amides is 1. The molecular weight excluding hydrogens is 298 g/mol. The number of carboxylic acid groups (broad SMARTS) is 1. The third kappa shape index (κ3) is 7.28. The standard InChI is InChI=1S/C15H23N5O3/c16-11(7-4-8-19-15(17)18)13(21)20-12(14(22)23)9-10-5-2-1-3-6-10/h1-3,5-6,11-12H,4,7-9,16H2,(H,20,21)(H,22,23)(H4,17,18,19)/p+1/t11-,12+/m1/s1. The van der Waals surface area contributed by atoms with Crippen molar-refractivity contribution in [3.8, 4) is 0 Å². The number of benzene rings is 1. The van der Waals surface area contributed by atoms with E-state index in [1.165, 1.54) is 0 Å². The van der Waals surface area contributed by atoms with Gasteiger partial charge in [0.05, 0.1) is 18.6 Å². The van der Waals surface area contributed by atoms with E-state index in [1.54, 1.807) is 24.3 Å². The zero-order valence-corrected chi connectivity index (χ0v) is 13.0. The number of guanidine groups is 1. The van der Waals surface area contributed by atoms with Crippen molar-refractivity contribution in [2.24, 2.45) is 11.5 Å². The highest BCUT2D eigenvalue weighted by Gasteiger charge is 2.21. The summed E-state index contributed by atoms with van der Waals surface area (Å²) in [6.45, 7) is 0.523. The first-order chi connectivity index (χ1) is 10.9. The zero-order chi connectivity index (χ0) is 17.2. The molecular formula is C15H24N5O3+. The van der Waals surface area contributed by atoms with Crippen LogP contribution in [0.1, 0.15) is 18.4 Å². The molecule has 8 nitrogen and oxygen atoms in total. The highest BCUT2D eigenvalue weighted by Crippen LogP contribution is 2.03. The molecule has 1 aromatic rings. The fourth-order valence-electron chi connectivity index (χ4n) is 2.04. The molecule has 0 saturated carbocycles. The number of hydrogen-bond donors (Lipinski definition) is 5. The van der Waals surface area contributed by atoms with Gasteiger partial charge in [-0.25, -0.2) is 0 Å². The van der Waals surface area contributed by atoms with Crippen LogP contribution >= 0.6 is 0 Å². The molecule has 1 aromatic carbocycles. The SMILES string of the molecule is NC(N)=[NH+]CCC[C@@H]([NH3+])C(=O)N[C@@H](Cc1ccccc1)C(=O)[O-]. The molecule has 0 spiro atoms. The molecule has 8 heteroatoms. The Bertz CT molecular complexity index is 543. The minimum Gasteiger partial charge on any atom is -0.548 e. The Hall–Kier alpha value is -2.61. The molecule has 9 N–H and O–H groups in total. The predicted octanol–water partition coefficient (Wildman–Crippen LogP) is -4.79. The molecule has 0 heterocycles. The second-order valence-corrected chi connectivity index (χ2v) is 5.29. The summed E-state index contributed by atoms with van der Waals surface area (Å²) in [6, 6.07) is 7.39. The third-order valence-electron chi connectivity index (χ3n) is 3.31. The van der Waals surface area contributed by atoms with Crippen LogP contribution < -0.4 is 32.6 Å². The van der Waals surface area contributed by atoms with Gasteiger partial charge in [0.2, 0.25) is 0 Å². The fourth-order valence-corrected chi connectivity index (χ4v) is 2.04. The molecule has 126 valence electrons. The lowest BCUT2D eigenvalue weighted by Gasteiger charge is -2.21. The lowest BCUT2D eigenvalue weighted by Crippen LogP contribution is -2.78. The molecule has 1 amide bonds. The fraction of sp³-hybridized carbons (Fsp3) is 0.400. The molecule has 0 aliphatic rings. The van der Waals surface area contributed by atoms with Crippen LogP contribution in [0.25, 0.3) is 0 Å². The predicted molar refractivity (Wildman–Crippen MR) is 82.2 cm³/mol. The first-order valence-electron chi connectivity index (χ1n) is 7.40. The lowest BCUT2D eigenvalue weighted by atomic mass is 10.0. The minimum absolute atomic E-state index is 0.120. The summed E-state index contributed by atoms with van der Waals surface area (Å²) in [5.74, 6) is -1.61. The molecule has 23 heavy (non-hydrogen) atoms. The maximum atomic E-state index is 12.0. The summed E-state index contributed by atoms with van der Waals surface area (Å²) in [5.41, 5.74) is 15.1. The number of nitrogens with one attached hydrogen (secondary N) is 2. The molecule has 0 bridgehead atoms. The first-order valence-corrected chi connectivity index (χ1v) is 7.40.